The van der Waals surface area contributed by atoms with Gasteiger partial charge in [-0.1, -0.05) is 110 Å². The van der Waals surface area contributed by atoms with E-state index in [0.29, 0.717) is 12.1 Å². The van der Waals surface area contributed by atoms with Crippen LogP contribution in [0.3, 0.4) is 0 Å². The number of hydrogen-bond donors (Lipinski definition) is 0. The summed E-state index contributed by atoms with van der Waals surface area (Å²) >= 11 is 3.67. The average molecular weight is 669 g/mol. The first-order valence-electron chi connectivity index (χ1n) is 16.6. The Hall–Kier alpha value is -3.78. The fourth-order valence-corrected chi connectivity index (χ4v) is 6.86. The highest BCUT2D eigenvalue weighted by atomic mass is 79.9. The van der Waals surface area contributed by atoms with Gasteiger partial charge in [-0.3, -0.25) is 0 Å². The summed E-state index contributed by atoms with van der Waals surface area (Å²) in [4.78, 5) is 32.9. The zero-order chi connectivity index (χ0) is 31.0. The van der Waals surface area contributed by atoms with Crippen LogP contribution >= 0.6 is 15.9 Å². The number of hydrogen-bond acceptors (Lipinski definition) is 7. The van der Waals surface area contributed by atoms with E-state index in [4.69, 9.17) is 9.82 Å². The Balaban J connectivity index is 1.23. The number of carbonyl (C=O) groups is 1. The molecule has 4 aromatic rings. The van der Waals surface area contributed by atoms with Gasteiger partial charge in [0.15, 0.2) is 0 Å². The number of fused-ring (bicyclic) bond motifs is 5. The van der Waals surface area contributed by atoms with Gasteiger partial charge in [-0.15, -0.1) is 0 Å². The molecule has 8 heteroatoms. The normalized spacial score (nSPS) is 15.0. The molecule has 0 N–H and O–H groups in total. The zero-order valence-electron chi connectivity index (χ0n) is 26.2. The lowest BCUT2D eigenvalue weighted by Gasteiger charge is -2.37. The van der Waals surface area contributed by atoms with Gasteiger partial charge >= 0.3 is 5.97 Å². The fourth-order valence-electron chi connectivity index (χ4n) is 6.50. The molecule has 0 amide bonds. The number of pyridine rings is 2. The number of rotatable bonds is 13. The molecule has 0 unspecified atom stereocenters. The highest BCUT2D eigenvalue weighted by molar-refractivity contribution is 9.10. The van der Waals surface area contributed by atoms with Crippen molar-refractivity contribution >= 4 is 50.1 Å². The van der Waals surface area contributed by atoms with E-state index in [9.17, 15) is 4.79 Å². The monoisotopic (exact) mass is 667 g/mol. The van der Waals surface area contributed by atoms with Crippen LogP contribution < -0.4 is 9.80 Å². The maximum atomic E-state index is 12.9. The molecule has 2 aliphatic rings. The van der Waals surface area contributed by atoms with Crippen molar-refractivity contribution in [3.8, 4) is 11.1 Å². The van der Waals surface area contributed by atoms with Gasteiger partial charge in [0.1, 0.15) is 17.3 Å². The number of aromatic nitrogens is 2. The standard InChI is InChI=1S/C37H42BrN5O2/c1-2-3-4-5-6-7-8-9-10-18-33(44)45-41-36-29-16-12-11-15-28(29)34-30-26-27(38)19-20-31(30)40-37(35(34)36)43-24-22-42(23-25-43)32-17-13-14-21-39-32/h11-17,19-21,26H,2-10,18,22-25H2,1H3/b41-36+. The van der Waals surface area contributed by atoms with Crippen molar-refractivity contribution in [3.63, 3.8) is 0 Å². The molecular formula is C37H42BrN5O2. The highest BCUT2D eigenvalue weighted by Gasteiger charge is 2.34. The van der Waals surface area contributed by atoms with Crippen LogP contribution in [0.5, 0.6) is 0 Å². The Morgan fingerprint density at radius 1 is 0.822 bits per heavy atom. The number of benzene rings is 2. The van der Waals surface area contributed by atoms with E-state index in [2.05, 4.69) is 79.2 Å². The van der Waals surface area contributed by atoms with Crippen LogP contribution in [-0.4, -0.2) is 47.8 Å². The molecule has 1 fully saturated rings. The second-order valence-corrected chi connectivity index (χ2v) is 13.0. The van der Waals surface area contributed by atoms with E-state index in [1.165, 1.54) is 44.9 Å². The molecule has 0 saturated carbocycles. The third kappa shape index (κ3) is 7.22. The number of piperazine rings is 1. The van der Waals surface area contributed by atoms with Crippen LogP contribution in [0.1, 0.15) is 82.3 Å². The Labute approximate surface area is 274 Å². The van der Waals surface area contributed by atoms with Crippen LogP contribution in [-0.2, 0) is 9.63 Å². The van der Waals surface area contributed by atoms with Crippen LogP contribution in [0.2, 0.25) is 0 Å². The molecule has 1 aliphatic carbocycles. The summed E-state index contributed by atoms with van der Waals surface area (Å²) in [5.74, 6) is 1.59. The second-order valence-electron chi connectivity index (χ2n) is 12.0. The van der Waals surface area contributed by atoms with E-state index in [0.717, 1.165) is 88.3 Å². The molecule has 234 valence electrons. The molecule has 2 aromatic heterocycles. The number of oxime groups is 1. The summed E-state index contributed by atoms with van der Waals surface area (Å²) in [6.45, 7) is 5.50. The van der Waals surface area contributed by atoms with Gasteiger partial charge in [-0.05, 0) is 42.3 Å². The van der Waals surface area contributed by atoms with Crippen LogP contribution in [0.25, 0.3) is 22.0 Å². The summed E-state index contributed by atoms with van der Waals surface area (Å²) in [6, 6.07) is 20.5. The van der Waals surface area contributed by atoms with Crippen molar-refractivity contribution in [3.05, 3.63) is 82.5 Å². The smallest absolute Gasteiger partial charge is 0.335 e. The molecule has 2 aromatic carbocycles. The molecular weight excluding hydrogens is 626 g/mol. The van der Waals surface area contributed by atoms with Gasteiger partial charge in [0.25, 0.3) is 0 Å². The molecule has 0 atom stereocenters. The summed E-state index contributed by atoms with van der Waals surface area (Å²) in [7, 11) is 0. The van der Waals surface area contributed by atoms with E-state index >= 15 is 0 Å². The van der Waals surface area contributed by atoms with Crippen molar-refractivity contribution in [2.75, 3.05) is 36.0 Å². The third-order valence-corrected chi connectivity index (χ3v) is 9.39. The van der Waals surface area contributed by atoms with Gasteiger partial charge in [0.2, 0.25) is 0 Å². The van der Waals surface area contributed by atoms with Gasteiger partial charge < -0.3 is 14.6 Å². The van der Waals surface area contributed by atoms with Crippen LogP contribution in [0, 0.1) is 0 Å². The number of halogens is 1. The number of nitrogens with zero attached hydrogens (tertiary/aromatic N) is 5. The van der Waals surface area contributed by atoms with E-state index in [1.54, 1.807) is 0 Å². The molecule has 1 aliphatic heterocycles. The van der Waals surface area contributed by atoms with Gasteiger partial charge in [0, 0.05) is 59.8 Å². The summed E-state index contributed by atoms with van der Waals surface area (Å²) in [5, 5.41) is 5.63. The quantitative estimate of drug-likeness (QED) is 0.0709. The summed E-state index contributed by atoms with van der Waals surface area (Å²) in [6.07, 6.45) is 13.1. The minimum Gasteiger partial charge on any atom is -0.353 e. The van der Waals surface area contributed by atoms with E-state index in [-0.39, 0.29) is 5.97 Å². The zero-order valence-corrected chi connectivity index (χ0v) is 27.8. The molecule has 45 heavy (non-hydrogen) atoms. The molecule has 0 radical (unpaired) electrons. The third-order valence-electron chi connectivity index (χ3n) is 8.89. The predicted octanol–water partition coefficient (Wildman–Crippen LogP) is 8.92. The van der Waals surface area contributed by atoms with E-state index in [1.807, 2.05) is 30.5 Å². The minimum atomic E-state index is -0.279. The fraction of sp³-hybridized carbons (Fsp3) is 0.405. The second kappa shape index (κ2) is 15.0. The first-order valence-corrected chi connectivity index (χ1v) is 17.4. The van der Waals surface area contributed by atoms with Crippen molar-refractivity contribution in [2.24, 2.45) is 5.16 Å². The molecule has 6 rings (SSSR count). The van der Waals surface area contributed by atoms with E-state index < -0.39 is 0 Å². The largest absolute Gasteiger partial charge is 0.353 e. The lowest BCUT2D eigenvalue weighted by Crippen LogP contribution is -2.47. The maximum absolute atomic E-state index is 12.9. The average Bonchev–Trinajstić information content (AvgIpc) is 3.41. The Morgan fingerprint density at radius 2 is 1.51 bits per heavy atom. The van der Waals surface area contributed by atoms with Crippen LogP contribution in [0.4, 0.5) is 11.6 Å². The van der Waals surface area contributed by atoms with Gasteiger partial charge in [0.05, 0.1) is 11.1 Å². The number of carbonyl (C=O) groups excluding carboxylic acids is 1. The lowest BCUT2D eigenvalue weighted by molar-refractivity contribution is -0.143. The summed E-state index contributed by atoms with van der Waals surface area (Å²) in [5.41, 5.74) is 5.68. The van der Waals surface area contributed by atoms with Crippen molar-refractivity contribution in [2.45, 2.75) is 71.1 Å². The Morgan fingerprint density at radius 3 is 2.24 bits per heavy atom. The molecule has 1 saturated heterocycles. The van der Waals surface area contributed by atoms with Crippen molar-refractivity contribution in [1.29, 1.82) is 0 Å². The number of unbranched alkanes of at least 4 members (excludes halogenated alkanes) is 8. The first-order chi connectivity index (χ1) is 22.1. The number of anilines is 2. The predicted molar refractivity (Wildman–Crippen MR) is 187 cm³/mol. The topological polar surface area (TPSA) is 70.9 Å². The minimum absolute atomic E-state index is 0.279. The Kier molecular flexibility index (Phi) is 10.4. The molecule has 7 nitrogen and oxygen atoms in total. The molecule has 0 spiro atoms. The van der Waals surface area contributed by atoms with Crippen molar-refractivity contribution < 1.29 is 9.63 Å². The van der Waals surface area contributed by atoms with Crippen LogP contribution in [0.15, 0.2) is 76.5 Å². The van der Waals surface area contributed by atoms with Gasteiger partial charge in [-0.2, -0.15) is 0 Å². The SMILES string of the molecule is CCCCCCCCCCCC(=O)O/N=C1\c2ccccc2-c2c1c(N1CCN(c3ccccn3)CC1)nc1ccc(Br)cc21. The molecule has 3 heterocycles. The molecule has 0 bridgehead atoms. The van der Waals surface area contributed by atoms with Crippen molar-refractivity contribution in [1.82, 2.24) is 9.97 Å². The Bertz CT molecular complexity index is 1650. The first kappa shape index (κ1) is 31.2. The van der Waals surface area contributed by atoms with Gasteiger partial charge in [-0.25, -0.2) is 14.8 Å². The lowest BCUT2D eigenvalue weighted by atomic mass is 10.0. The highest BCUT2D eigenvalue weighted by Crippen LogP contribution is 2.46. The summed E-state index contributed by atoms with van der Waals surface area (Å²) < 4.78 is 0.992. The maximum Gasteiger partial charge on any atom is 0.335 e.